The predicted molar refractivity (Wildman–Crippen MR) is 96.1 cm³/mol. The fourth-order valence-electron chi connectivity index (χ4n) is 3.46. The van der Waals surface area contributed by atoms with Crippen molar-refractivity contribution in [2.75, 3.05) is 13.1 Å². The van der Waals surface area contributed by atoms with Gasteiger partial charge in [-0.1, -0.05) is 54.6 Å². The number of fused-ring (bicyclic) bond motifs is 1. The molecule has 0 fully saturated rings. The Hall–Kier alpha value is -2.66. The van der Waals surface area contributed by atoms with E-state index in [4.69, 9.17) is 0 Å². The Morgan fingerprint density at radius 1 is 1.04 bits per heavy atom. The van der Waals surface area contributed by atoms with Crippen molar-refractivity contribution in [3.05, 3.63) is 71.3 Å². The zero-order valence-corrected chi connectivity index (χ0v) is 14.4. The molecule has 5 nitrogen and oxygen atoms in total. The lowest BCUT2D eigenvalue weighted by Gasteiger charge is -2.32. The van der Waals surface area contributed by atoms with Crippen LogP contribution in [0.5, 0.6) is 0 Å². The molecule has 0 saturated carbocycles. The molecular weight excluding hydrogens is 314 g/mol. The topological polar surface area (TPSA) is 62.6 Å². The summed E-state index contributed by atoms with van der Waals surface area (Å²) in [6, 6.07) is 17.2. The van der Waals surface area contributed by atoms with E-state index >= 15 is 0 Å². The first-order chi connectivity index (χ1) is 12.2. The summed E-state index contributed by atoms with van der Waals surface area (Å²) in [4.78, 5) is 25.8. The highest BCUT2D eigenvalue weighted by atomic mass is 16.2. The minimum Gasteiger partial charge on any atom is -0.338 e. The monoisotopic (exact) mass is 338 g/mol. The molecule has 0 aromatic heterocycles. The van der Waals surface area contributed by atoms with Gasteiger partial charge in [0.15, 0.2) is 6.04 Å². The van der Waals surface area contributed by atoms with Gasteiger partial charge in [0.2, 0.25) is 0 Å². The van der Waals surface area contributed by atoms with Crippen LogP contribution in [0.15, 0.2) is 54.6 Å². The van der Waals surface area contributed by atoms with Crippen LogP contribution in [0.3, 0.4) is 0 Å². The lowest BCUT2D eigenvalue weighted by atomic mass is 9.96. The molecule has 2 aromatic rings. The maximum Gasteiger partial charge on any atom is 0.321 e. The lowest BCUT2D eigenvalue weighted by Crippen LogP contribution is -3.13. The first-order valence-corrected chi connectivity index (χ1v) is 8.74. The van der Waals surface area contributed by atoms with Gasteiger partial charge in [0.1, 0.15) is 6.54 Å². The second-order valence-electron chi connectivity index (χ2n) is 6.30. The second-order valence-corrected chi connectivity index (χ2v) is 6.30. The number of nitrogens with one attached hydrogen (secondary N) is 3. The average Bonchev–Trinajstić information content (AvgIpc) is 2.63. The smallest absolute Gasteiger partial charge is 0.321 e. The fourth-order valence-corrected chi connectivity index (χ4v) is 3.46. The van der Waals surface area contributed by atoms with Gasteiger partial charge < -0.3 is 10.2 Å². The molecule has 5 heteroatoms. The van der Waals surface area contributed by atoms with Crippen LogP contribution < -0.4 is 15.5 Å². The van der Waals surface area contributed by atoms with Crippen LogP contribution >= 0.6 is 0 Å². The third kappa shape index (κ3) is 4.06. The molecule has 3 rings (SSSR count). The minimum atomic E-state index is -0.440. The van der Waals surface area contributed by atoms with E-state index in [1.54, 1.807) is 0 Å². The third-order valence-corrected chi connectivity index (χ3v) is 4.63. The highest BCUT2D eigenvalue weighted by molar-refractivity contribution is 5.96. The van der Waals surface area contributed by atoms with Crippen LogP contribution in [0.4, 0.5) is 4.79 Å². The summed E-state index contributed by atoms with van der Waals surface area (Å²) < 4.78 is 0. The van der Waals surface area contributed by atoms with E-state index in [-0.39, 0.29) is 5.91 Å². The molecule has 1 heterocycles. The Bertz CT molecular complexity index is 746. The summed E-state index contributed by atoms with van der Waals surface area (Å²) in [6.45, 7) is 3.95. The molecule has 25 heavy (non-hydrogen) atoms. The summed E-state index contributed by atoms with van der Waals surface area (Å²) in [7, 11) is 0. The highest BCUT2D eigenvalue weighted by Crippen LogP contribution is 2.15. The van der Waals surface area contributed by atoms with Crippen molar-refractivity contribution in [2.45, 2.75) is 25.9 Å². The largest absolute Gasteiger partial charge is 0.338 e. The average molecular weight is 338 g/mol. The quantitative estimate of drug-likeness (QED) is 0.785. The number of imide groups is 1. The number of hydrogen-bond donors (Lipinski definition) is 3. The number of quaternary nitrogens is 1. The molecule has 0 radical (unpaired) electrons. The summed E-state index contributed by atoms with van der Waals surface area (Å²) in [5.41, 5.74) is 3.55. The molecule has 0 bridgehead atoms. The fraction of sp³-hybridized carbons (Fsp3) is 0.300. The third-order valence-electron chi connectivity index (χ3n) is 4.63. The maximum atomic E-state index is 12.8. The van der Waals surface area contributed by atoms with E-state index in [0.29, 0.717) is 6.54 Å². The van der Waals surface area contributed by atoms with Crippen molar-refractivity contribution >= 4 is 11.9 Å². The molecule has 0 aliphatic carbocycles. The number of benzene rings is 2. The molecular formula is C20H24N3O2+. The Labute approximate surface area is 148 Å². The summed E-state index contributed by atoms with van der Waals surface area (Å²) in [6.07, 6.45) is 0.934. The number of rotatable bonds is 4. The first kappa shape index (κ1) is 17.2. The minimum absolute atomic E-state index is 0.258. The molecule has 0 spiro atoms. The van der Waals surface area contributed by atoms with Crippen molar-refractivity contribution in [3.63, 3.8) is 0 Å². The van der Waals surface area contributed by atoms with Crippen molar-refractivity contribution in [1.29, 1.82) is 0 Å². The Morgan fingerprint density at radius 2 is 1.72 bits per heavy atom. The molecule has 1 aliphatic heterocycles. The van der Waals surface area contributed by atoms with E-state index in [0.717, 1.165) is 30.0 Å². The van der Waals surface area contributed by atoms with Crippen LogP contribution in [-0.4, -0.2) is 25.0 Å². The van der Waals surface area contributed by atoms with Gasteiger partial charge in [-0.2, -0.15) is 0 Å². The van der Waals surface area contributed by atoms with E-state index in [1.807, 2.05) is 43.3 Å². The first-order valence-electron chi connectivity index (χ1n) is 8.74. The zero-order chi connectivity index (χ0) is 17.6. The molecule has 3 N–H and O–H groups in total. The van der Waals surface area contributed by atoms with Gasteiger partial charge >= 0.3 is 6.03 Å². The number of amides is 3. The van der Waals surface area contributed by atoms with Gasteiger partial charge in [-0.15, -0.1) is 0 Å². The van der Waals surface area contributed by atoms with Crippen LogP contribution in [0, 0.1) is 0 Å². The molecule has 130 valence electrons. The van der Waals surface area contributed by atoms with E-state index in [2.05, 4.69) is 28.8 Å². The van der Waals surface area contributed by atoms with E-state index in [1.165, 1.54) is 11.1 Å². The zero-order valence-electron chi connectivity index (χ0n) is 14.4. The Balaban J connectivity index is 1.85. The number of carbonyl (C=O) groups excluding carboxylic acids is 2. The van der Waals surface area contributed by atoms with Crippen LogP contribution in [0.25, 0.3) is 0 Å². The van der Waals surface area contributed by atoms with Gasteiger partial charge in [0.25, 0.3) is 5.91 Å². The lowest BCUT2D eigenvalue weighted by molar-refractivity contribution is -0.937. The van der Waals surface area contributed by atoms with E-state index in [9.17, 15) is 9.59 Å². The van der Waals surface area contributed by atoms with Crippen LogP contribution in [0.1, 0.15) is 29.7 Å². The van der Waals surface area contributed by atoms with Crippen molar-refractivity contribution in [1.82, 2.24) is 10.6 Å². The predicted octanol–water partition coefficient (Wildman–Crippen LogP) is 1.21. The molecule has 1 aliphatic rings. The standard InChI is InChI=1S/C20H23N3O2/c1-2-21-20(25)22-19(24)18(16-9-4-3-5-10-16)23-13-12-15-8-6-7-11-17(15)14-23/h3-11,18H,2,12-14H2,1H3,(H2,21,22,24,25)/p+1/t18-/m1/s1. The van der Waals surface area contributed by atoms with Gasteiger partial charge in [-0.25, -0.2) is 4.79 Å². The molecule has 0 saturated heterocycles. The number of carbonyl (C=O) groups is 2. The number of urea groups is 1. The molecule has 3 amide bonds. The van der Waals surface area contributed by atoms with Gasteiger partial charge in [0.05, 0.1) is 6.54 Å². The summed E-state index contributed by atoms with van der Waals surface area (Å²) >= 11 is 0. The summed E-state index contributed by atoms with van der Waals surface area (Å²) in [5.74, 6) is -0.258. The molecule has 2 aromatic carbocycles. The molecule has 1 unspecified atom stereocenters. The van der Waals surface area contributed by atoms with E-state index < -0.39 is 12.1 Å². The van der Waals surface area contributed by atoms with Crippen LogP contribution in [-0.2, 0) is 17.8 Å². The second kappa shape index (κ2) is 7.94. The van der Waals surface area contributed by atoms with Crippen molar-refractivity contribution < 1.29 is 14.5 Å². The number of hydrogen-bond acceptors (Lipinski definition) is 2. The summed E-state index contributed by atoms with van der Waals surface area (Å²) in [5, 5.41) is 5.11. The van der Waals surface area contributed by atoms with Gasteiger partial charge in [-0.3, -0.25) is 10.1 Å². The van der Waals surface area contributed by atoms with Crippen molar-refractivity contribution in [3.8, 4) is 0 Å². The van der Waals surface area contributed by atoms with Gasteiger partial charge in [0, 0.05) is 24.1 Å². The van der Waals surface area contributed by atoms with Crippen molar-refractivity contribution in [2.24, 2.45) is 0 Å². The Kier molecular flexibility index (Phi) is 5.46. The molecule has 2 atom stereocenters. The Morgan fingerprint density at radius 3 is 2.44 bits per heavy atom. The van der Waals surface area contributed by atoms with Gasteiger partial charge in [-0.05, 0) is 12.5 Å². The van der Waals surface area contributed by atoms with Crippen LogP contribution in [0.2, 0.25) is 0 Å². The maximum absolute atomic E-state index is 12.8. The normalized spacial score (nSPS) is 17.2. The highest BCUT2D eigenvalue weighted by Gasteiger charge is 2.34. The SMILES string of the molecule is CCNC(=O)NC(=O)[C@@H](c1ccccc1)[NH+]1CCc2ccccc2C1.